The van der Waals surface area contributed by atoms with Gasteiger partial charge in [0.05, 0.1) is 33.3 Å². The summed E-state index contributed by atoms with van der Waals surface area (Å²) in [5, 5.41) is 4.24. The molecule has 106 valence electrons. The Labute approximate surface area is 124 Å². The lowest BCUT2D eigenvalue weighted by atomic mass is 10.3. The van der Waals surface area contributed by atoms with Crippen LogP contribution in [0.15, 0.2) is 71.9 Å². The van der Waals surface area contributed by atoms with Gasteiger partial charge in [-0.1, -0.05) is 30.3 Å². The van der Waals surface area contributed by atoms with Crippen molar-refractivity contribution in [3.63, 3.8) is 0 Å². The van der Waals surface area contributed by atoms with Gasteiger partial charge in [0.1, 0.15) is 5.82 Å². The van der Waals surface area contributed by atoms with Gasteiger partial charge in [-0.25, -0.2) is 9.07 Å². The van der Waals surface area contributed by atoms with Gasteiger partial charge in [-0.3, -0.25) is 4.21 Å². The van der Waals surface area contributed by atoms with Gasteiger partial charge in [0.25, 0.3) is 0 Å². The van der Waals surface area contributed by atoms with Crippen LogP contribution in [0, 0.1) is 5.82 Å². The Morgan fingerprint density at radius 3 is 2.52 bits per heavy atom. The van der Waals surface area contributed by atoms with E-state index in [9.17, 15) is 8.60 Å². The highest BCUT2D eigenvalue weighted by Crippen LogP contribution is 2.16. The summed E-state index contributed by atoms with van der Waals surface area (Å²) in [6, 6.07) is 15.8. The van der Waals surface area contributed by atoms with Crippen molar-refractivity contribution in [1.29, 1.82) is 0 Å². The molecular weight excluding hydrogens is 287 g/mol. The number of nitrogens with zero attached hydrogens (tertiary/aromatic N) is 2. The van der Waals surface area contributed by atoms with Gasteiger partial charge < -0.3 is 0 Å². The number of rotatable bonds is 4. The number of halogens is 1. The van der Waals surface area contributed by atoms with Crippen LogP contribution in [-0.4, -0.2) is 14.0 Å². The Morgan fingerprint density at radius 1 is 1.05 bits per heavy atom. The fourth-order valence-electron chi connectivity index (χ4n) is 2.02. The number of aromatic nitrogens is 2. The Morgan fingerprint density at radius 2 is 1.76 bits per heavy atom. The molecule has 2 aromatic carbocycles. The molecule has 21 heavy (non-hydrogen) atoms. The average Bonchev–Trinajstić information content (AvgIpc) is 2.97. The van der Waals surface area contributed by atoms with Crippen LogP contribution in [0.4, 0.5) is 4.39 Å². The van der Waals surface area contributed by atoms with Gasteiger partial charge in [-0.2, -0.15) is 5.10 Å². The molecule has 0 saturated heterocycles. The highest BCUT2D eigenvalue weighted by molar-refractivity contribution is 7.84. The fourth-order valence-corrected chi connectivity index (χ4v) is 3.14. The SMILES string of the molecule is O=S(Cc1cnn(-c2ccccc2)c1)c1ccccc1F. The van der Waals surface area contributed by atoms with Crippen LogP contribution in [0.25, 0.3) is 5.69 Å². The number of hydrogen-bond acceptors (Lipinski definition) is 2. The lowest BCUT2D eigenvalue weighted by molar-refractivity contribution is 0.595. The maximum absolute atomic E-state index is 13.6. The third kappa shape index (κ3) is 3.08. The zero-order valence-corrected chi connectivity index (χ0v) is 12.0. The minimum atomic E-state index is -1.42. The zero-order valence-electron chi connectivity index (χ0n) is 11.1. The summed E-state index contributed by atoms with van der Waals surface area (Å²) in [5.41, 5.74) is 1.74. The lowest BCUT2D eigenvalue weighted by Crippen LogP contribution is -1.98. The van der Waals surface area contributed by atoms with E-state index in [0.29, 0.717) is 0 Å². The largest absolute Gasteiger partial charge is 0.254 e. The van der Waals surface area contributed by atoms with Crippen LogP contribution >= 0.6 is 0 Å². The second kappa shape index (κ2) is 6.01. The van der Waals surface area contributed by atoms with Gasteiger partial charge in [0, 0.05) is 11.8 Å². The molecule has 0 radical (unpaired) electrons. The van der Waals surface area contributed by atoms with Gasteiger partial charge in [0.2, 0.25) is 0 Å². The molecule has 0 fully saturated rings. The molecule has 3 aromatic rings. The van der Waals surface area contributed by atoms with E-state index in [-0.39, 0.29) is 10.6 Å². The molecule has 0 saturated carbocycles. The summed E-state index contributed by atoms with van der Waals surface area (Å²) < 4.78 is 27.5. The summed E-state index contributed by atoms with van der Waals surface area (Å²) in [4.78, 5) is 0.227. The van der Waals surface area contributed by atoms with Crippen molar-refractivity contribution in [2.75, 3.05) is 0 Å². The van der Waals surface area contributed by atoms with E-state index in [1.807, 2.05) is 36.5 Å². The van der Waals surface area contributed by atoms with Gasteiger partial charge in [-0.05, 0) is 24.3 Å². The monoisotopic (exact) mass is 300 g/mol. The van der Waals surface area contributed by atoms with Crippen molar-refractivity contribution in [1.82, 2.24) is 9.78 Å². The van der Waals surface area contributed by atoms with E-state index in [4.69, 9.17) is 0 Å². The molecule has 3 nitrogen and oxygen atoms in total. The molecule has 0 N–H and O–H groups in total. The minimum Gasteiger partial charge on any atom is -0.254 e. The first-order valence-corrected chi connectivity index (χ1v) is 7.78. The van der Waals surface area contributed by atoms with Crippen LogP contribution in [0.3, 0.4) is 0 Å². The Balaban J connectivity index is 1.79. The van der Waals surface area contributed by atoms with Crippen molar-refractivity contribution >= 4 is 10.8 Å². The second-order valence-electron chi connectivity index (χ2n) is 4.55. The zero-order chi connectivity index (χ0) is 14.7. The van der Waals surface area contributed by atoms with Crippen molar-refractivity contribution in [3.05, 3.63) is 78.4 Å². The highest BCUT2D eigenvalue weighted by Gasteiger charge is 2.11. The molecule has 1 heterocycles. The van der Waals surface area contributed by atoms with Crippen molar-refractivity contribution < 1.29 is 8.60 Å². The molecule has 0 bridgehead atoms. The third-order valence-corrected chi connectivity index (χ3v) is 4.45. The molecule has 5 heteroatoms. The number of hydrogen-bond donors (Lipinski definition) is 0. The summed E-state index contributed by atoms with van der Waals surface area (Å²) >= 11 is 0. The first-order chi connectivity index (χ1) is 10.2. The third-order valence-electron chi connectivity index (χ3n) is 3.04. The maximum atomic E-state index is 13.6. The van der Waals surface area contributed by atoms with E-state index in [0.717, 1.165) is 11.3 Å². The average molecular weight is 300 g/mol. The quantitative estimate of drug-likeness (QED) is 0.741. The predicted molar refractivity (Wildman–Crippen MR) is 80.1 cm³/mol. The van der Waals surface area contributed by atoms with Crippen LogP contribution in [0.1, 0.15) is 5.56 Å². The molecule has 1 unspecified atom stereocenters. The minimum absolute atomic E-state index is 0.227. The van der Waals surface area contributed by atoms with Crippen molar-refractivity contribution in [2.24, 2.45) is 0 Å². The van der Waals surface area contributed by atoms with Crippen molar-refractivity contribution in [3.8, 4) is 5.69 Å². The first-order valence-electron chi connectivity index (χ1n) is 6.46. The summed E-state index contributed by atoms with van der Waals surface area (Å²) in [6.07, 6.45) is 3.47. The van der Waals surface area contributed by atoms with E-state index in [1.165, 1.54) is 6.07 Å². The van der Waals surface area contributed by atoms with Crippen LogP contribution in [0.5, 0.6) is 0 Å². The summed E-state index contributed by atoms with van der Waals surface area (Å²) in [7, 11) is -1.42. The van der Waals surface area contributed by atoms with E-state index in [1.54, 1.807) is 29.1 Å². The van der Waals surface area contributed by atoms with Crippen LogP contribution in [-0.2, 0) is 16.6 Å². The smallest absolute Gasteiger partial charge is 0.139 e. The number of para-hydroxylation sites is 1. The maximum Gasteiger partial charge on any atom is 0.139 e. The van der Waals surface area contributed by atoms with E-state index in [2.05, 4.69) is 5.10 Å². The molecule has 1 atom stereocenters. The lowest BCUT2D eigenvalue weighted by Gasteiger charge is -2.02. The van der Waals surface area contributed by atoms with Crippen LogP contribution < -0.4 is 0 Å². The normalized spacial score (nSPS) is 12.2. The van der Waals surface area contributed by atoms with Gasteiger partial charge >= 0.3 is 0 Å². The number of benzene rings is 2. The Kier molecular flexibility index (Phi) is 3.92. The molecule has 3 rings (SSSR count). The molecule has 0 amide bonds. The van der Waals surface area contributed by atoms with Gasteiger partial charge in [0.15, 0.2) is 0 Å². The molecule has 0 spiro atoms. The molecule has 1 aromatic heterocycles. The molecule has 0 aliphatic rings. The first kappa shape index (κ1) is 13.7. The van der Waals surface area contributed by atoms with E-state index >= 15 is 0 Å². The predicted octanol–water partition coefficient (Wildman–Crippen LogP) is 3.32. The summed E-state index contributed by atoms with van der Waals surface area (Å²) in [5.74, 6) is -0.195. The van der Waals surface area contributed by atoms with Crippen LogP contribution in [0.2, 0.25) is 0 Å². The molecular formula is C16H13FN2OS. The Bertz CT molecular complexity index is 771. The van der Waals surface area contributed by atoms with Crippen molar-refractivity contribution in [2.45, 2.75) is 10.6 Å². The summed E-state index contributed by atoms with van der Waals surface area (Å²) in [6.45, 7) is 0. The molecule has 0 aliphatic heterocycles. The highest BCUT2D eigenvalue weighted by atomic mass is 32.2. The molecule has 0 aliphatic carbocycles. The second-order valence-corrected chi connectivity index (χ2v) is 5.97. The van der Waals surface area contributed by atoms with Gasteiger partial charge in [-0.15, -0.1) is 0 Å². The van der Waals surface area contributed by atoms with E-state index < -0.39 is 16.6 Å². The Hall–Kier alpha value is -2.27. The standard InChI is InChI=1S/C16H13FN2OS/c17-15-8-4-5-9-16(15)21(20)12-13-10-18-19(11-13)14-6-2-1-3-7-14/h1-11H,12H2. The topological polar surface area (TPSA) is 34.9 Å². The fraction of sp³-hybridized carbons (Fsp3) is 0.0625.